The van der Waals surface area contributed by atoms with Crippen molar-refractivity contribution in [3.05, 3.63) is 52.3 Å². The first kappa shape index (κ1) is 17.0. The molecule has 4 heterocycles. The lowest BCUT2D eigenvalue weighted by molar-refractivity contribution is -0.119. The number of hydrogen-bond donors (Lipinski definition) is 1. The van der Waals surface area contributed by atoms with Crippen LogP contribution in [0.25, 0.3) is 0 Å². The molecule has 0 spiro atoms. The fourth-order valence-corrected chi connectivity index (χ4v) is 3.58. The summed E-state index contributed by atoms with van der Waals surface area (Å²) in [5, 5.41) is 0. The zero-order valence-corrected chi connectivity index (χ0v) is 14.0. The number of nitrogen functional groups attached to an aromatic ring is 1. The molecular formula is C17H19F2N5O2. The third-order valence-electron chi connectivity index (χ3n) is 4.79. The van der Waals surface area contributed by atoms with Gasteiger partial charge in [-0.1, -0.05) is 6.07 Å². The quantitative estimate of drug-likeness (QED) is 0.882. The Balaban J connectivity index is 1.47. The second-order valence-electron chi connectivity index (χ2n) is 6.71. The van der Waals surface area contributed by atoms with Crippen LogP contribution in [0, 0.1) is 0 Å². The first-order valence-electron chi connectivity index (χ1n) is 8.45. The Bertz CT molecular complexity index is 872. The van der Waals surface area contributed by atoms with Crippen LogP contribution in [0.4, 0.5) is 14.6 Å². The molecule has 7 nitrogen and oxygen atoms in total. The molecule has 0 radical (unpaired) electrons. The van der Waals surface area contributed by atoms with E-state index in [9.17, 15) is 13.6 Å². The largest absolute Gasteiger partial charge is 0.383 e. The van der Waals surface area contributed by atoms with Crippen molar-refractivity contribution in [2.24, 2.45) is 0 Å². The van der Waals surface area contributed by atoms with Crippen LogP contribution in [0.1, 0.15) is 23.9 Å². The van der Waals surface area contributed by atoms with E-state index in [0.717, 1.165) is 28.8 Å². The number of alkyl halides is 2. The molecule has 2 aliphatic rings. The fourth-order valence-electron chi connectivity index (χ4n) is 3.58. The van der Waals surface area contributed by atoms with Crippen molar-refractivity contribution in [3.63, 3.8) is 0 Å². The zero-order valence-electron chi connectivity index (χ0n) is 14.0. The summed E-state index contributed by atoms with van der Waals surface area (Å²) in [6.45, 7) is 1.77. The van der Waals surface area contributed by atoms with Crippen molar-refractivity contribution in [2.75, 3.05) is 18.8 Å². The number of halogens is 2. The molecule has 26 heavy (non-hydrogen) atoms. The van der Waals surface area contributed by atoms with Crippen LogP contribution in [0.3, 0.4) is 0 Å². The van der Waals surface area contributed by atoms with E-state index < -0.39 is 30.4 Å². The van der Waals surface area contributed by atoms with E-state index in [1.54, 1.807) is 6.20 Å². The maximum atomic E-state index is 14.4. The molecule has 4 rings (SSSR count). The third-order valence-corrected chi connectivity index (χ3v) is 4.79. The highest BCUT2D eigenvalue weighted by Crippen LogP contribution is 2.42. The summed E-state index contributed by atoms with van der Waals surface area (Å²) in [5.41, 5.74) is 6.74. The van der Waals surface area contributed by atoms with Crippen molar-refractivity contribution in [3.8, 4) is 0 Å². The second kappa shape index (κ2) is 6.40. The minimum atomic E-state index is -3.15. The average molecular weight is 363 g/mol. The fraction of sp³-hybridized carbons (Fsp3) is 0.471. The molecule has 0 amide bonds. The van der Waals surface area contributed by atoms with Gasteiger partial charge in [-0.2, -0.15) is 4.98 Å². The summed E-state index contributed by atoms with van der Waals surface area (Å²) in [6, 6.07) is 5.18. The highest BCUT2D eigenvalue weighted by Gasteiger charge is 2.52. The molecule has 2 aliphatic heterocycles. The number of pyridine rings is 1. The van der Waals surface area contributed by atoms with Crippen LogP contribution in [0.2, 0.25) is 0 Å². The van der Waals surface area contributed by atoms with Crippen molar-refractivity contribution in [2.45, 2.75) is 37.6 Å². The summed E-state index contributed by atoms with van der Waals surface area (Å²) in [5.74, 6) is -3.16. The predicted octanol–water partition coefficient (Wildman–Crippen LogP) is 1.20. The highest BCUT2D eigenvalue weighted by molar-refractivity contribution is 5.24. The Morgan fingerprint density at radius 2 is 2.23 bits per heavy atom. The summed E-state index contributed by atoms with van der Waals surface area (Å²) >= 11 is 0. The smallest absolute Gasteiger partial charge is 0.351 e. The first-order valence-corrected chi connectivity index (χ1v) is 8.45. The molecular weight excluding hydrogens is 344 g/mol. The molecule has 0 unspecified atom stereocenters. The molecule has 0 bridgehead atoms. The van der Waals surface area contributed by atoms with E-state index in [1.807, 2.05) is 12.1 Å². The van der Waals surface area contributed by atoms with Crippen molar-refractivity contribution >= 4 is 5.82 Å². The molecule has 1 fully saturated rings. The van der Waals surface area contributed by atoms with E-state index in [2.05, 4.69) is 14.9 Å². The van der Waals surface area contributed by atoms with Gasteiger partial charge in [0, 0.05) is 50.6 Å². The topological polar surface area (TPSA) is 86.3 Å². The maximum Gasteiger partial charge on any atom is 0.351 e. The molecule has 138 valence electrons. The Morgan fingerprint density at radius 3 is 3.04 bits per heavy atom. The standard InChI is InChI=1S/C17H19F2N5O2/c18-17(19)8-12(26-15(17)24-7-4-14(20)22-16(24)25)10-23-6-3-13-11(9-23)2-1-5-21-13/h1-2,4-5,7,12,15H,3,6,8-10H2,(H2,20,22,25)/t12-,15+/m0/s1. The lowest BCUT2D eigenvalue weighted by Crippen LogP contribution is -2.37. The van der Waals surface area contributed by atoms with Gasteiger partial charge in [-0.05, 0) is 17.7 Å². The van der Waals surface area contributed by atoms with Crippen LogP contribution < -0.4 is 11.4 Å². The summed E-state index contributed by atoms with van der Waals surface area (Å²) in [4.78, 5) is 21.8. The lowest BCUT2D eigenvalue weighted by Gasteiger charge is -2.29. The van der Waals surface area contributed by atoms with E-state index >= 15 is 0 Å². The lowest BCUT2D eigenvalue weighted by atomic mass is 10.0. The molecule has 0 saturated carbocycles. The van der Waals surface area contributed by atoms with Gasteiger partial charge in [0.25, 0.3) is 5.92 Å². The Kier molecular flexibility index (Phi) is 4.20. The van der Waals surface area contributed by atoms with Crippen molar-refractivity contribution < 1.29 is 13.5 Å². The van der Waals surface area contributed by atoms with E-state index in [-0.39, 0.29) is 5.82 Å². The number of rotatable bonds is 3. The van der Waals surface area contributed by atoms with Crippen LogP contribution in [-0.2, 0) is 17.7 Å². The normalized spacial score (nSPS) is 25.2. The van der Waals surface area contributed by atoms with E-state index in [0.29, 0.717) is 13.1 Å². The van der Waals surface area contributed by atoms with Gasteiger partial charge >= 0.3 is 5.69 Å². The molecule has 0 aromatic carbocycles. The second-order valence-corrected chi connectivity index (χ2v) is 6.71. The van der Waals surface area contributed by atoms with Crippen LogP contribution >= 0.6 is 0 Å². The highest BCUT2D eigenvalue weighted by atomic mass is 19.3. The van der Waals surface area contributed by atoms with Gasteiger partial charge in [0.2, 0.25) is 6.23 Å². The first-order chi connectivity index (χ1) is 12.4. The Labute approximate surface area is 148 Å². The van der Waals surface area contributed by atoms with Gasteiger partial charge in [-0.15, -0.1) is 0 Å². The van der Waals surface area contributed by atoms with Crippen LogP contribution in [0.5, 0.6) is 0 Å². The van der Waals surface area contributed by atoms with E-state index in [1.165, 1.54) is 12.3 Å². The van der Waals surface area contributed by atoms with Crippen molar-refractivity contribution in [1.82, 2.24) is 19.4 Å². The van der Waals surface area contributed by atoms with Gasteiger partial charge < -0.3 is 10.5 Å². The van der Waals surface area contributed by atoms with E-state index in [4.69, 9.17) is 10.5 Å². The minimum Gasteiger partial charge on any atom is -0.383 e. The summed E-state index contributed by atoms with van der Waals surface area (Å²) < 4.78 is 35.3. The minimum absolute atomic E-state index is 0.00953. The SMILES string of the molecule is Nc1ccn([C@@H]2O[C@H](CN3CCc4ncccc4C3)CC2(F)F)c(=O)n1. The van der Waals surface area contributed by atoms with Gasteiger partial charge in [-0.25, -0.2) is 13.6 Å². The molecule has 2 aromatic heterocycles. The predicted molar refractivity (Wildman–Crippen MR) is 89.6 cm³/mol. The number of anilines is 1. The summed E-state index contributed by atoms with van der Waals surface area (Å²) in [6.07, 6.45) is 0.978. The van der Waals surface area contributed by atoms with Gasteiger partial charge in [0.15, 0.2) is 0 Å². The molecule has 0 aliphatic carbocycles. The van der Waals surface area contributed by atoms with Gasteiger partial charge in [0.05, 0.1) is 6.10 Å². The van der Waals surface area contributed by atoms with Gasteiger partial charge in [-0.3, -0.25) is 14.5 Å². The number of nitrogens with zero attached hydrogens (tertiary/aromatic N) is 4. The van der Waals surface area contributed by atoms with Crippen molar-refractivity contribution in [1.29, 1.82) is 0 Å². The summed E-state index contributed by atoms with van der Waals surface area (Å²) in [7, 11) is 0. The van der Waals surface area contributed by atoms with Crippen LogP contribution in [0.15, 0.2) is 35.4 Å². The Hall–Kier alpha value is -2.39. The molecule has 9 heteroatoms. The molecule has 2 N–H and O–H groups in total. The van der Waals surface area contributed by atoms with Gasteiger partial charge in [0.1, 0.15) is 5.82 Å². The number of nitrogens with two attached hydrogens (primary N) is 1. The number of aromatic nitrogens is 3. The Morgan fingerprint density at radius 1 is 1.38 bits per heavy atom. The molecule has 1 saturated heterocycles. The monoisotopic (exact) mass is 363 g/mol. The zero-order chi connectivity index (χ0) is 18.3. The third kappa shape index (κ3) is 3.19. The number of ether oxygens (including phenoxy) is 1. The average Bonchev–Trinajstić information content (AvgIpc) is 2.89. The maximum absolute atomic E-state index is 14.4. The molecule has 2 atom stereocenters. The van der Waals surface area contributed by atoms with Crippen LogP contribution in [-0.4, -0.2) is 44.6 Å². The number of fused-ring (bicyclic) bond motifs is 1. The number of hydrogen-bond acceptors (Lipinski definition) is 6. The molecule has 2 aromatic rings.